The number of amides is 1. The largest absolute Gasteiger partial charge is 0.389 e. The van der Waals surface area contributed by atoms with Gasteiger partial charge in [0.25, 0.3) is 0 Å². The quantitative estimate of drug-likeness (QED) is 0.772. The predicted molar refractivity (Wildman–Crippen MR) is 68.8 cm³/mol. The molecule has 1 amide bonds. The maximum Gasteiger partial charge on any atom is 0.307 e. The van der Waals surface area contributed by atoms with E-state index in [-0.39, 0.29) is 30.5 Å². The van der Waals surface area contributed by atoms with Gasteiger partial charge in [0.1, 0.15) is 6.54 Å². The van der Waals surface area contributed by atoms with E-state index in [1.165, 1.54) is 16.6 Å². The molecule has 1 N–H and O–H groups in total. The Kier molecular flexibility index (Phi) is 5.52. The zero-order chi connectivity index (χ0) is 13.7. The van der Waals surface area contributed by atoms with Gasteiger partial charge < -0.3 is 14.7 Å². The maximum atomic E-state index is 11.9. The number of thiazole rings is 1. The fourth-order valence-corrected chi connectivity index (χ4v) is 2.25. The topological polar surface area (TPSA) is 71.8 Å². The lowest BCUT2D eigenvalue weighted by Crippen LogP contribution is -2.39. The van der Waals surface area contributed by atoms with E-state index in [9.17, 15) is 14.7 Å². The van der Waals surface area contributed by atoms with Crippen LogP contribution in [0.1, 0.15) is 5.69 Å². The average molecular weight is 274 g/mol. The third-order valence-electron chi connectivity index (χ3n) is 2.54. The van der Waals surface area contributed by atoms with Crippen LogP contribution < -0.4 is 4.87 Å². The van der Waals surface area contributed by atoms with Crippen molar-refractivity contribution in [2.75, 3.05) is 27.3 Å². The van der Waals surface area contributed by atoms with Crippen molar-refractivity contribution in [2.24, 2.45) is 0 Å². The van der Waals surface area contributed by atoms with Crippen molar-refractivity contribution >= 4 is 17.2 Å². The van der Waals surface area contributed by atoms with Gasteiger partial charge in [0.05, 0.1) is 12.7 Å². The van der Waals surface area contributed by atoms with Gasteiger partial charge in [-0.15, -0.1) is 0 Å². The van der Waals surface area contributed by atoms with Gasteiger partial charge in [-0.05, 0) is 6.92 Å². The highest BCUT2D eigenvalue weighted by Gasteiger charge is 2.15. The van der Waals surface area contributed by atoms with Crippen molar-refractivity contribution in [3.8, 4) is 0 Å². The van der Waals surface area contributed by atoms with E-state index in [0.29, 0.717) is 0 Å². The number of carbonyl (C=O) groups excluding carboxylic acids is 1. The first kappa shape index (κ1) is 14.9. The molecule has 0 saturated heterocycles. The number of carbonyl (C=O) groups is 1. The Hall–Kier alpha value is -1.18. The van der Waals surface area contributed by atoms with Crippen molar-refractivity contribution in [2.45, 2.75) is 19.6 Å². The molecule has 1 aromatic heterocycles. The fraction of sp³-hybridized carbons (Fsp3) is 0.636. The Morgan fingerprint density at radius 2 is 2.33 bits per heavy atom. The molecular weight excluding hydrogens is 256 g/mol. The molecule has 0 radical (unpaired) electrons. The minimum absolute atomic E-state index is 0.00433. The molecule has 0 aromatic carbocycles. The van der Waals surface area contributed by atoms with Crippen LogP contribution in [0, 0.1) is 6.92 Å². The second-order valence-electron chi connectivity index (χ2n) is 4.11. The van der Waals surface area contributed by atoms with Crippen LogP contribution in [0.15, 0.2) is 10.2 Å². The standard InChI is InChI=1S/C11H18N2O4S/c1-8-7-18-11(16)13(8)5-10(15)12(2)4-9(14)6-17-3/h7,9,14H,4-6H2,1-3H3. The molecule has 1 heterocycles. The minimum Gasteiger partial charge on any atom is -0.389 e. The van der Waals surface area contributed by atoms with Crippen LogP contribution in [0.5, 0.6) is 0 Å². The second kappa shape index (κ2) is 6.67. The van der Waals surface area contributed by atoms with Crippen LogP contribution in [0.4, 0.5) is 0 Å². The van der Waals surface area contributed by atoms with Crippen LogP contribution >= 0.6 is 11.3 Å². The molecule has 18 heavy (non-hydrogen) atoms. The number of rotatable bonds is 6. The van der Waals surface area contributed by atoms with Crippen LogP contribution in [0.25, 0.3) is 0 Å². The molecule has 0 aliphatic rings. The molecule has 0 bridgehead atoms. The fourth-order valence-electron chi connectivity index (χ4n) is 1.52. The Morgan fingerprint density at radius 3 is 2.83 bits per heavy atom. The van der Waals surface area contributed by atoms with Crippen molar-refractivity contribution in [3.63, 3.8) is 0 Å². The van der Waals surface area contributed by atoms with Crippen molar-refractivity contribution in [1.29, 1.82) is 0 Å². The summed E-state index contributed by atoms with van der Waals surface area (Å²) < 4.78 is 6.21. The number of likely N-dealkylation sites (N-methyl/N-ethyl adjacent to an activating group) is 1. The normalized spacial score (nSPS) is 12.4. The SMILES string of the molecule is COCC(O)CN(C)C(=O)Cn1c(C)csc1=O. The Labute approximate surface area is 109 Å². The van der Waals surface area contributed by atoms with Crippen LogP contribution in [0.3, 0.4) is 0 Å². The maximum absolute atomic E-state index is 11.9. The van der Waals surface area contributed by atoms with E-state index in [1.807, 2.05) is 0 Å². The summed E-state index contributed by atoms with van der Waals surface area (Å²) in [5.74, 6) is -0.214. The summed E-state index contributed by atoms with van der Waals surface area (Å²) in [7, 11) is 3.08. The van der Waals surface area contributed by atoms with Crippen LogP contribution in [-0.4, -0.2) is 53.9 Å². The van der Waals surface area contributed by atoms with E-state index >= 15 is 0 Å². The summed E-state index contributed by atoms with van der Waals surface area (Å²) in [6.07, 6.45) is -0.718. The van der Waals surface area contributed by atoms with Gasteiger partial charge in [-0.2, -0.15) is 0 Å². The number of aromatic nitrogens is 1. The molecule has 7 heteroatoms. The van der Waals surface area contributed by atoms with Gasteiger partial charge >= 0.3 is 4.87 Å². The number of hydrogen-bond donors (Lipinski definition) is 1. The summed E-state index contributed by atoms with van der Waals surface area (Å²) in [5, 5.41) is 11.2. The van der Waals surface area contributed by atoms with Gasteiger partial charge in [0.15, 0.2) is 0 Å². The molecule has 0 aliphatic carbocycles. The third-order valence-corrected chi connectivity index (χ3v) is 3.42. The number of aliphatic hydroxyl groups is 1. The second-order valence-corrected chi connectivity index (χ2v) is 4.93. The number of ether oxygens (including phenoxy) is 1. The summed E-state index contributed by atoms with van der Waals surface area (Å²) in [4.78, 5) is 24.6. The highest BCUT2D eigenvalue weighted by atomic mass is 32.1. The average Bonchev–Trinajstić information content (AvgIpc) is 2.60. The summed E-state index contributed by atoms with van der Waals surface area (Å²) in [5.41, 5.74) is 0.768. The number of hydrogen-bond acceptors (Lipinski definition) is 5. The van der Waals surface area contributed by atoms with E-state index in [1.54, 1.807) is 19.4 Å². The van der Waals surface area contributed by atoms with Crippen molar-refractivity contribution in [3.05, 3.63) is 20.7 Å². The first-order valence-corrected chi connectivity index (χ1v) is 6.39. The smallest absolute Gasteiger partial charge is 0.307 e. The lowest BCUT2D eigenvalue weighted by Gasteiger charge is -2.20. The van der Waals surface area contributed by atoms with Crippen molar-refractivity contribution in [1.82, 2.24) is 9.47 Å². The highest BCUT2D eigenvalue weighted by Crippen LogP contribution is 2.01. The Balaban J connectivity index is 2.58. The first-order chi connectivity index (χ1) is 8.45. The minimum atomic E-state index is -0.718. The van der Waals surface area contributed by atoms with Crippen LogP contribution in [-0.2, 0) is 16.1 Å². The van der Waals surface area contributed by atoms with Crippen molar-refractivity contribution < 1.29 is 14.6 Å². The zero-order valence-electron chi connectivity index (χ0n) is 10.8. The summed E-state index contributed by atoms with van der Waals surface area (Å²) >= 11 is 1.07. The molecule has 1 rings (SSSR count). The number of methoxy groups -OCH3 is 1. The Bertz CT molecular complexity index is 454. The van der Waals surface area contributed by atoms with Gasteiger partial charge in [0, 0.05) is 31.8 Å². The summed E-state index contributed by atoms with van der Waals surface area (Å²) in [6.45, 7) is 2.15. The molecule has 0 spiro atoms. The Morgan fingerprint density at radius 1 is 1.67 bits per heavy atom. The molecular formula is C11H18N2O4S. The predicted octanol–water partition coefficient (Wildman–Crippen LogP) is -0.316. The molecule has 1 atom stereocenters. The van der Waals surface area contributed by atoms with Gasteiger partial charge in [0.2, 0.25) is 5.91 Å². The molecule has 6 nitrogen and oxygen atoms in total. The highest BCUT2D eigenvalue weighted by molar-refractivity contribution is 7.07. The van der Waals surface area contributed by atoms with Gasteiger partial charge in [-0.25, -0.2) is 0 Å². The molecule has 0 saturated carbocycles. The molecule has 1 unspecified atom stereocenters. The van der Waals surface area contributed by atoms with Crippen LogP contribution in [0.2, 0.25) is 0 Å². The lowest BCUT2D eigenvalue weighted by molar-refractivity contribution is -0.132. The van der Waals surface area contributed by atoms with E-state index < -0.39 is 6.10 Å². The molecule has 102 valence electrons. The molecule has 0 aliphatic heterocycles. The van der Waals surface area contributed by atoms with Gasteiger partial charge in [-0.1, -0.05) is 11.3 Å². The van der Waals surface area contributed by atoms with E-state index in [2.05, 4.69) is 0 Å². The number of aryl methyl sites for hydroxylation is 1. The lowest BCUT2D eigenvalue weighted by atomic mass is 10.3. The molecule has 0 fully saturated rings. The molecule has 1 aromatic rings. The number of nitrogens with zero attached hydrogens (tertiary/aromatic N) is 2. The van der Waals surface area contributed by atoms with E-state index in [0.717, 1.165) is 17.0 Å². The number of aliphatic hydroxyl groups excluding tert-OH is 1. The summed E-state index contributed by atoms with van der Waals surface area (Å²) in [6, 6.07) is 0. The van der Waals surface area contributed by atoms with Gasteiger partial charge in [-0.3, -0.25) is 14.2 Å². The monoisotopic (exact) mass is 274 g/mol. The first-order valence-electron chi connectivity index (χ1n) is 5.51. The third kappa shape index (κ3) is 3.94. The van der Waals surface area contributed by atoms with E-state index in [4.69, 9.17) is 4.74 Å². The zero-order valence-corrected chi connectivity index (χ0v) is 11.6.